The Labute approximate surface area is 140 Å². The van der Waals surface area contributed by atoms with Gasteiger partial charge in [0.15, 0.2) is 0 Å². The number of hydrogen-bond donors (Lipinski definition) is 1. The third-order valence-electron chi connectivity index (χ3n) is 4.86. The van der Waals surface area contributed by atoms with E-state index in [0.717, 1.165) is 13.1 Å². The Morgan fingerprint density at radius 3 is 2.67 bits per heavy atom. The molecular formula is C18H20N4O2. The Balaban J connectivity index is 1.34. The second-order valence-electron chi connectivity index (χ2n) is 6.46. The molecule has 6 nitrogen and oxygen atoms in total. The third kappa shape index (κ3) is 3.18. The molecule has 0 spiro atoms. The lowest BCUT2D eigenvalue weighted by molar-refractivity contribution is 0.219. The minimum atomic E-state index is -0.0351. The molecule has 3 heterocycles. The van der Waals surface area contributed by atoms with E-state index in [0.29, 0.717) is 29.2 Å². The monoisotopic (exact) mass is 324 g/mol. The number of likely N-dealkylation sites (tertiary alicyclic amines) is 1. The Kier molecular flexibility index (Phi) is 4.02. The van der Waals surface area contributed by atoms with Crippen molar-refractivity contribution in [2.45, 2.75) is 19.3 Å². The van der Waals surface area contributed by atoms with Crippen molar-refractivity contribution in [3.63, 3.8) is 0 Å². The molecule has 2 aliphatic rings. The molecule has 2 amide bonds. The number of pyridine rings is 2. The minimum Gasteiger partial charge on any atom is -0.437 e. The molecule has 0 aromatic carbocycles. The Hall–Kier alpha value is -2.63. The molecular weight excluding hydrogens is 304 g/mol. The molecule has 1 saturated carbocycles. The molecule has 124 valence electrons. The molecule has 1 saturated heterocycles. The number of ether oxygens (including phenoxy) is 1. The van der Waals surface area contributed by atoms with Gasteiger partial charge in [0, 0.05) is 25.4 Å². The fraction of sp³-hybridized carbons (Fsp3) is 0.389. The van der Waals surface area contributed by atoms with E-state index in [1.165, 1.54) is 19.3 Å². The van der Waals surface area contributed by atoms with E-state index in [2.05, 4.69) is 15.3 Å². The van der Waals surface area contributed by atoms with E-state index in [9.17, 15) is 4.79 Å². The summed E-state index contributed by atoms with van der Waals surface area (Å²) >= 11 is 0. The van der Waals surface area contributed by atoms with Gasteiger partial charge in [-0.05, 0) is 42.9 Å². The molecule has 4 rings (SSSR count). The van der Waals surface area contributed by atoms with Crippen LogP contribution >= 0.6 is 0 Å². The highest BCUT2D eigenvalue weighted by Crippen LogP contribution is 2.37. The predicted octanol–water partition coefficient (Wildman–Crippen LogP) is 3.53. The number of rotatable bonds is 3. The van der Waals surface area contributed by atoms with Gasteiger partial charge in [-0.3, -0.25) is 4.98 Å². The summed E-state index contributed by atoms with van der Waals surface area (Å²) in [6.07, 6.45) is 8.76. The number of urea groups is 1. The molecule has 1 N–H and O–H groups in total. The number of carbonyl (C=O) groups is 1. The van der Waals surface area contributed by atoms with Crippen molar-refractivity contribution in [2.75, 3.05) is 18.4 Å². The number of amides is 2. The van der Waals surface area contributed by atoms with Crippen molar-refractivity contribution in [1.82, 2.24) is 14.9 Å². The van der Waals surface area contributed by atoms with Crippen LogP contribution in [0.4, 0.5) is 10.5 Å². The van der Waals surface area contributed by atoms with Crippen LogP contribution in [0.5, 0.6) is 11.6 Å². The molecule has 2 fully saturated rings. The van der Waals surface area contributed by atoms with Gasteiger partial charge in [-0.1, -0.05) is 6.42 Å². The number of nitrogens with one attached hydrogen (secondary N) is 1. The van der Waals surface area contributed by atoms with Gasteiger partial charge in [0.05, 0.1) is 18.1 Å². The largest absolute Gasteiger partial charge is 0.437 e. The molecule has 6 heteroatoms. The maximum Gasteiger partial charge on any atom is 0.321 e. The van der Waals surface area contributed by atoms with Crippen LogP contribution in [-0.2, 0) is 0 Å². The van der Waals surface area contributed by atoms with E-state index in [1.807, 2.05) is 11.0 Å². The fourth-order valence-electron chi connectivity index (χ4n) is 3.65. The van der Waals surface area contributed by atoms with Gasteiger partial charge >= 0.3 is 6.03 Å². The zero-order valence-electron chi connectivity index (χ0n) is 13.4. The van der Waals surface area contributed by atoms with Crippen LogP contribution in [0.2, 0.25) is 0 Å². The van der Waals surface area contributed by atoms with Crippen LogP contribution in [0, 0.1) is 11.8 Å². The summed E-state index contributed by atoms with van der Waals surface area (Å²) in [6, 6.07) is 7.12. The van der Waals surface area contributed by atoms with Crippen molar-refractivity contribution in [2.24, 2.45) is 11.8 Å². The number of hydrogen-bond acceptors (Lipinski definition) is 4. The molecule has 0 radical (unpaired) electrons. The van der Waals surface area contributed by atoms with Gasteiger partial charge in [0.2, 0.25) is 5.88 Å². The number of carbonyl (C=O) groups excluding carboxylic acids is 1. The SMILES string of the molecule is O=C(Nc1ccc(Oc2cccnc2)nc1)N1CC2CCCC2C1. The van der Waals surface area contributed by atoms with Crippen LogP contribution in [0.3, 0.4) is 0 Å². The first-order valence-electron chi connectivity index (χ1n) is 8.38. The lowest BCUT2D eigenvalue weighted by atomic mass is 10.0. The summed E-state index contributed by atoms with van der Waals surface area (Å²) in [5, 5.41) is 2.92. The number of aromatic nitrogens is 2. The van der Waals surface area contributed by atoms with Crippen molar-refractivity contribution in [1.29, 1.82) is 0 Å². The number of fused-ring (bicyclic) bond motifs is 1. The average molecular weight is 324 g/mol. The van der Waals surface area contributed by atoms with Gasteiger partial charge in [-0.15, -0.1) is 0 Å². The quantitative estimate of drug-likeness (QED) is 0.938. The summed E-state index contributed by atoms with van der Waals surface area (Å²) in [5.41, 5.74) is 0.676. The Morgan fingerprint density at radius 2 is 2.00 bits per heavy atom. The number of nitrogens with zero attached hydrogens (tertiary/aromatic N) is 3. The van der Waals surface area contributed by atoms with Crippen LogP contribution in [0.25, 0.3) is 0 Å². The Morgan fingerprint density at radius 1 is 1.17 bits per heavy atom. The first kappa shape index (κ1) is 14.9. The molecule has 2 unspecified atom stereocenters. The summed E-state index contributed by atoms with van der Waals surface area (Å²) in [5.74, 6) is 2.50. The fourth-order valence-corrected chi connectivity index (χ4v) is 3.65. The van der Waals surface area contributed by atoms with Crippen LogP contribution < -0.4 is 10.1 Å². The zero-order chi connectivity index (χ0) is 16.4. The van der Waals surface area contributed by atoms with E-state index < -0.39 is 0 Å². The molecule has 1 aliphatic heterocycles. The molecule has 2 aromatic rings. The lowest BCUT2D eigenvalue weighted by Crippen LogP contribution is -2.33. The molecule has 2 aromatic heterocycles. The van der Waals surface area contributed by atoms with Crippen LogP contribution in [0.1, 0.15) is 19.3 Å². The van der Waals surface area contributed by atoms with Gasteiger partial charge in [-0.2, -0.15) is 0 Å². The maximum absolute atomic E-state index is 12.4. The van der Waals surface area contributed by atoms with E-state index >= 15 is 0 Å². The first-order chi connectivity index (χ1) is 11.8. The second kappa shape index (κ2) is 6.47. The van der Waals surface area contributed by atoms with Crippen LogP contribution in [-0.4, -0.2) is 34.0 Å². The van der Waals surface area contributed by atoms with Crippen molar-refractivity contribution in [3.8, 4) is 11.6 Å². The van der Waals surface area contributed by atoms with Crippen molar-refractivity contribution < 1.29 is 9.53 Å². The highest BCUT2D eigenvalue weighted by atomic mass is 16.5. The molecule has 2 atom stereocenters. The third-order valence-corrected chi connectivity index (χ3v) is 4.86. The second-order valence-corrected chi connectivity index (χ2v) is 6.46. The minimum absolute atomic E-state index is 0.0351. The average Bonchev–Trinajstić information content (AvgIpc) is 3.19. The summed E-state index contributed by atoms with van der Waals surface area (Å²) in [4.78, 5) is 22.5. The lowest BCUT2D eigenvalue weighted by Gasteiger charge is -2.18. The van der Waals surface area contributed by atoms with E-state index in [1.54, 1.807) is 36.8 Å². The van der Waals surface area contributed by atoms with Gasteiger partial charge < -0.3 is 15.0 Å². The first-order valence-corrected chi connectivity index (χ1v) is 8.38. The van der Waals surface area contributed by atoms with Crippen molar-refractivity contribution in [3.05, 3.63) is 42.9 Å². The van der Waals surface area contributed by atoms with Crippen LogP contribution in [0.15, 0.2) is 42.9 Å². The van der Waals surface area contributed by atoms with Gasteiger partial charge in [0.25, 0.3) is 0 Å². The smallest absolute Gasteiger partial charge is 0.321 e. The standard InChI is InChI=1S/C18H20N4O2/c23-18(22-11-13-3-1-4-14(13)12-22)21-15-6-7-17(20-9-15)24-16-5-2-8-19-10-16/h2,5-10,13-14H,1,3-4,11-12H2,(H,21,23). The van der Waals surface area contributed by atoms with Crippen molar-refractivity contribution >= 4 is 11.7 Å². The summed E-state index contributed by atoms with van der Waals surface area (Å²) in [7, 11) is 0. The summed E-state index contributed by atoms with van der Waals surface area (Å²) < 4.78 is 5.59. The normalized spacial score (nSPS) is 22.2. The zero-order valence-corrected chi connectivity index (χ0v) is 13.4. The Bertz CT molecular complexity index is 693. The van der Waals surface area contributed by atoms with E-state index in [-0.39, 0.29) is 6.03 Å². The highest BCUT2D eigenvalue weighted by molar-refractivity contribution is 5.89. The maximum atomic E-state index is 12.4. The molecule has 1 aliphatic carbocycles. The topological polar surface area (TPSA) is 67.3 Å². The number of anilines is 1. The van der Waals surface area contributed by atoms with Gasteiger partial charge in [-0.25, -0.2) is 9.78 Å². The van der Waals surface area contributed by atoms with Gasteiger partial charge in [0.1, 0.15) is 5.75 Å². The van der Waals surface area contributed by atoms with E-state index in [4.69, 9.17) is 4.74 Å². The predicted molar refractivity (Wildman–Crippen MR) is 90.0 cm³/mol. The highest BCUT2D eigenvalue weighted by Gasteiger charge is 2.37. The molecule has 0 bridgehead atoms. The summed E-state index contributed by atoms with van der Waals surface area (Å²) in [6.45, 7) is 1.76. The molecule has 24 heavy (non-hydrogen) atoms.